The third-order valence-corrected chi connectivity index (χ3v) is 4.91. The molecule has 0 saturated heterocycles. The van der Waals surface area contributed by atoms with Crippen LogP contribution in [0.3, 0.4) is 0 Å². The fourth-order valence-corrected chi connectivity index (χ4v) is 3.76. The van der Waals surface area contributed by atoms with Gasteiger partial charge in [0.1, 0.15) is 11.4 Å². The Kier molecular flexibility index (Phi) is 3.24. The summed E-state index contributed by atoms with van der Waals surface area (Å²) in [6.45, 7) is 0. The van der Waals surface area contributed by atoms with Gasteiger partial charge in [-0.2, -0.15) is 0 Å². The number of halogens is 1. The molecule has 2 rings (SSSR count). The van der Waals surface area contributed by atoms with Crippen LogP contribution in [-0.2, 0) is 20.2 Å². The molecule has 0 fully saturated rings. The van der Waals surface area contributed by atoms with Crippen LogP contribution in [0, 0.1) is 0 Å². The summed E-state index contributed by atoms with van der Waals surface area (Å²) in [4.78, 5) is 0. The molecule has 88 valence electrons. The maximum absolute atomic E-state index is 11.5. The molecule has 3 nitrogen and oxygen atoms in total. The highest BCUT2D eigenvalue weighted by atomic mass is 35.7. The van der Waals surface area contributed by atoms with Crippen molar-refractivity contribution in [3.8, 4) is 0 Å². The molecule has 0 aliphatic heterocycles. The van der Waals surface area contributed by atoms with E-state index in [0.717, 1.165) is 17.5 Å². The van der Waals surface area contributed by atoms with Crippen LogP contribution >= 0.6 is 10.7 Å². The van der Waals surface area contributed by atoms with E-state index >= 15 is 0 Å². The quantitative estimate of drug-likeness (QED) is 0.766. The minimum Gasteiger partial charge on any atom is -0.375 e. The van der Waals surface area contributed by atoms with Gasteiger partial charge < -0.3 is 4.74 Å². The molecule has 0 spiro atoms. The Morgan fingerprint density at radius 3 is 2.69 bits per heavy atom. The monoisotopic (exact) mass is 260 g/mol. The predicted octanol–water partition coefficient (Wildman–Crippen LogP) is 2.26. The molecule has 1 aliphatic rings. The number of benzene rings is 1. The van der Waals surface area contributed by atoms with E-state index in [4.69, 9.17) is 15.4 Å². The molecule has 0 amide bonds. The number of fused-ring (bicyclic) bond motifs is 1. The van der Waals surface area contributed by atoms with E-state index in [9.17, 15) is 8.42 Å². The van der Waals surface area contributed by atoms with Crippen molar-refractivity contribution < 1.29 is 13.2 Å². The van der Waals surface area contributed by atoms with Gasteiger partial charge in [-0.15, -0.1) is 0 Å². The maximum atomic E-state index is 11.5. The SMILES string of the molecule is COC1c2ccccc2CCC1S(=O)(=O)Cl. The molecule has 0 N–H and O–H groups in total. The third-order valence-electron chi connectivity index (χ3n) is 3.01. The van der Waals surface area contributed by atoms with E-state index in [2.05, 4.69) is 0 Å². The molecule has 16 heavy (non-hydrogen) atoms. The van der Waals surface area contributed by atoms with Crippen LogP contribution in [0.5, 0.6) is 0 Å². The van der Waals surface area contributed by atoms with Crippen molar-refractivity contribution >= 4 is 19.7 Å². The van der Waals surface area contributed by atoms with Crippen LogP contribution in [-0.4, -0.2) is 20.8 Å². The summed E-state index contributed by atoms with van der Waals surface area (Å²) < 4.78 is 28.2. The predicted molar refractivity (Wildman–Crippen MR) is 63.1 cm³/mol. The molecule has 0 aromatic heterocycles. The molecule has 2 unspecified atom stereocenters. The smallest absolute Gasteiger partial charge is 0.238 e. The second kappa shape index (κ2) is 4.35. The van der Waals surface area contributed by atoms with Gasteiger partial charge in [-0.25, -0.2) is 8.42 Å². The van der Waals surface area contributed by atoms with E-state index in [-0.39, 0.29) is 0 Å². The van der Waals surface area contributed by atoms with Gasteiger partial charge in [0.15, 0.2) is 0 Å². The third kappa shape index (κ3) is 2.10. The molecular weight excluding hydrogens is 248 g/mol. The summed E-state index contributed by atoms with van der Waals surface area (Å²) in [7, 11) is 3.38. The van der Waals surface area contributed by atoms with Gasteiger partial charge in [-0.3, -0.25) is 0 Å². The normalized spacial score (nSPS) is 25.1. The van der Waals surface area contributed by atoms with Crippen LogP contribution < -0.4 is 0 Å². The summed E-state index contributed by atoms with van der Waals surface area (Å²) >= 11 is 0. The van der Waals surface area contributed by atoms with E-state index in [1.54, 1.807) is 0 Å². The van der Waals surface area contributed by atoms with E-state index in [1.807, 2.05) is 24.3 Å². The molecule has 2 atom stereocenters. The molecule has 0 heterocycles. The van der Waals surface area contributed by atoms with Crippen molar-refractivity contribution in [3.05, 3.63) is 35.4 Å². The van der Waals surface area contributed by atoms with Crippen molar-refractivity contribution in [1.82, 2.24) is 0 Å². The molecule has 5 heteroatoms. The number of hydrogen-bond acceptors (Lipinski definition) is 3. The first-order valence-corrected chi connectivity index (χ1v) is 7.45. The van der Waals surface area contributed by atoms with Crippen molar-refractivity contribution in [1.29, 1.82) is 0 Å². The topological polar surface area (TPSA) is 43.4 Å². The number of hydrogen-bond donors (Lipinski definition) is 0. The zero-order chi connectivity index (χ0) is 11.8. The van der Waals surface area contributed by atoms with Crippen LogP contribution in [0.2, 0.25) is 0 Å². The van der Waals surface area contributed by atoms with Gasteiger partial charge >= 0.3 is 0 Å². The summed E-state index contributed by atoms with van der Waals surface area (Å²) in [6, 6.07) is 7.73. The maximum Gasteiger partial charge on any atom is 0.238 e. The highest BCUT2D eigenvalue weighted by Crippen LogP contribution is 2.37. The van der Waals surface area contributed by atoms with E-state index in [0.29, 0.717) is 6.42 Å². The fraction of sp³-hybridized carbons (Fsp3) is 0.455. The second-order valence-corrected chi connectivity index (χ2v) is 6.75. The minimum absolute atomic E-state index is 0.451. The first-order valence-electron chi connectivity index (χ1n) is 5.08. The zero-order valence-corrected chi connectivity index (χ0v) is 10.5. The first kappa shape index (κ1) is 11.9. The van der Waals surface area contributed by atoms with Crippen LogP contribution in [0.1, 0.15) is 23.7 Å². The molecule has 0 saturated carbocycles. The molecule has 1 aromatic carbocycles. The number of rotatable bonds is 2. The zero-order valence-electron chi connectivity index (χ0n) is 8.89. The average Bonchev–Trinajstić information content (AvgIpc) is 2.26. The lowest BCUT2D eigenvalue weighted by Crippen LogP contribution is -2.31. The van der Waals surface area contributed by atoms with E-state index < -0.39 is 20.4 Å². The Labute approximate surface area is 99.8 Å². The highest BCUT2D eigenvalue weighted by molar-refractivity contribution is 8.14. The Morgan fingerprint density at radius 2 is 2.06 bits per heavy atom. The standard InChI is InChI=1S/C11H13ClO3S/c1-15-11-9-5-3-2-4-8(9)6-7-10(11)16(12,13)14/h2-5,10-11H,6-7H2,1H3. The Bertz CT molecular complexity index is 484. The number of ether oxygens (including phenoxy) is 1. The van der Waals surface area contributed by atoms with Gasteiger partial charge in [0.25, 0.3) is 0 Å². The van der Waals surface area contributed by atoms with Gasteiger partial charge in [0.05, 0.1) is 0 Å². The van der Waals surface area contributed by atoms with E-state index in [1.165, 1.54) is 7.11 Å². The van der Waals surface area contributed by atoms with Gasteiger partial charge in [-0.1, -0.05) is 24.3 Å². The Hall–Kier alpha value is -0.580. The van der Waals surface area contributed by atoms with Gasteiger partial charge in [0.2, 0.25) is 9.05 Å². The summed E-state index contributed by atoms with van der Waals surface area (Å²) in [5.74, 6) is 0. The molecule has 0 radical (unpaired) electrons. The van der Waals surface area contributed by atoms with Crippen LogP contribution in [0.25, 0.3) is 0 Å². The van der Waals surface area contributed by atoms with Crippen LogP contribution in [0.15, 0.2) is 24.3 Å². The molecular formula is C11H13ClO3S. The lowest BCUT2D eigenvalue weighted by Gasteiger charge is -2.30. The number of aryl methyl sites for hydroxylation is 1. The second-order valence-electron chi connectivity index (χ2n) is 3.91. The van der Waals surface area contributed by atoms with Crippen molar-refractivity contribution in [2.75, 3.05) is 7.11 Å². The van der Waals surface area contributed by atoms with Crippen molar-refractivity contribution in [3.63, 3.8) is 0 Å². The van der Waals surface area contributed by atoms with Gasteiger partial charge in [0, 0.05) is 17.8 Å². The van der Waals surface area contributed by atoms with Crippen molar-refractivity contribution in [2.24, 2.45) is 0 Å². The number of methoxy groups -OCH3 is 1. The van der Waals surface area contributed by atoms with Gasteiger partial charge in [-0.05, 0) is 24.0 Å². The average molecular weight is 261 g/mol. The Balaban J connectivity index is 2.45. The fourth-order valence-electron chi connectivity index (χ4n) is 2.26. The largest absolute Gasteiger partial charge is 0.375 e. The first-order chi connectivity index (χ1) is 7.54. The van der Waals surface area contributed by atoms with Crippen molar-refractivity contribution in [2.45, 2.75) is 24.2 Å². The molecule has 1 aliphatic carbocycles. The molecule has 1 aromatic rings. The Morgan fingerprint density at radius 1 is 1.38 bits per heavy atom. The summed E-state index contributed by atoms with van der Waals surface area (Å²) in [5.41, 5.74) is 2.08. The minimum atomic E-state index is -3.58. The highest BCUT2D eigenvalue weighted by Gasteiger charge is 2.37. The summed E-state index contributed by atoms with van der Waals surface area (Å²) in [6.07, 6.45) is 0.793. The molecule has 0 bridgehead atoms. The lowest BCUT2D eigenvalue weighted by atomic mass is 9.89. The van der Waals surface area contributed by atoms with Crippen LogP contribution in [0.4, 0.5) is 0 Å². The summed E-state index contributed by atoms with van der Waals surface area (Å²) in [5, 5.41) is -0.644. The lowest BCUT2D eigenvalue weighted by molar-refractivity contribution is 0.0913.